The summed E-state index contributed by atoms with van der Waals surface area (Å²) in [7, 11) is 0. The van der Waals surface area contributed by atoms with Crippen LogP contribution in [0.2, 0.25) is 0 Å². The highest BCUT2D eigenvalue weighted by molar-refractivity contribution is 4.86. The van der Waals surface area contributed by atoms with Crippen LogP contribution in [-0.4, -0.2) is 0 Å². The van der Waals surface area contributed by atoms with Crippen LogP contribution in [0.25, 0.3) is 0 Å². The van der Waals surface area contributed by atoms with E-state index in [-0.39, 0.29) is 0 Å². The number of unbranched alkanes of at least 4 members (excludes halogenated alkanes) is 2. The first-order chi connectivity index (χ1) is 8.83. The summed E-state index contributed by atoms with van der Waals surface area (Å²) in [6.07, 6.45) is 18.2. The summed E-state index contributed by atoms with van der Waals surface area (Å²) in [5.41, 5.74) is 0. The highest BCUT2D eigenvalue weighted by Gasteiger charge is 2.34. The predicted molar refractivity (Wildman–Crippen MR) is 80.7 cm³/mol. The molecule has 0 amide bonds. The van der Waals surface area contributed by atoms with E-state index in [0.29, 0.717) is 0 Å². The second-order valence-corrected chi connectivity index (χ2v) is 7.16. The molecule has 0 heteroatoms. The molecule has 2 rings (SSSR count). The monoisotopic (exact) mass is 250 g/mol. The molecule has 0 radical (unpaired) electrons. The van der Waals surface area contributed by atoms with Gasteiger partial charge in [-0.15, -0.1) is 0 Å². The van der Waals surface area contributed by atoms with E-state index in [9.17, 15) is 0 Å². The van der Waals surface area contributed by atoms with E-state index in [1.54, 1.807) is 38.5 Å². The highest BCUT2D eigenvalue weighted by atomic mass is 14.4. The van der Waals surface area contributed by atoms with Gasteiger partial charge in [-0.25, -0.2) is 0 Å². The van der Waals surface area contributed by atoms with Gasteiger partial charge in [-0.3, -0.25) is 0 Å². The van der Waals surface area contributed by atoms with Gasteiger partial charge in [-0.2, -0.15) is 0 Å². The molecule has 0 aliphatic heterocycles. The van der Waals surface area contributed by atoms with Crippen molar-refractivity contribution in [1.29, 1.82) is 0 Å². The Balaban J connectivity index is 1.71. The average Bonchev–Trinajstić information content (AvgIpc) is 2.39. The normalized spacial score (nSPS) is 36.3. The zero-order valence-electron chi connectivity index (χ0n) is 12.8. The van der Waals surface area contributed by atoms with Crippen LogP contribution in [0, 0.1) is 23.7 Å². The molecule has 2 fully saturated rings. The van der Waals surface area contributed by atoms with Crippen molar-refractivity contribution in [2.24, 2.45) is 23.7 Å². The molecule has 2 aliphatic rings. The Hall–Kier alpha value is 0. The fraction of sp³-hybridized carbons (Fsp3) is 1.00. The van der Waals surface area contributed by atoms with E-state index in [1.165, 1.54) is 38.5 Å². The maximum Gasteiger partial charge on any atom is -0.0383 e. The first kappa shape index (κ1) is 14.4. The molecule has 0 aromatic carbocycles. The summed E-state index contributed by atoms with van der Waals surface area (Å²) in [5.74, 6) is 4.43. The Morgan fingerprint density at radius 3 is 1.83 bits per heavy atom. The van der Waals surface area contributed by atoms with Crippen LogP contribution in [0.5, 0.6) is 0 Å². The van der Waals surface area contributed by atoms with Gasteiger partial charge in [-0.05, 0) is 49.4 Å². The SMILES string of the molecule is CCCCCC1CCC2CC(CCC)CCC2C1. The third-order valence-electron chi connectivity index (χ3n) is 5.74. The zero-order chi connectivity index (χ0) is 12.8. The van der Waals surface area contributed by atoms with E-state index >= 15 is 0 Å². The number of hydrogen-bond acceptors (Lipinski definition) is 0. The van der Waals surface area contributed by atoms with Gasteiger partial charge in [-0.1, -0.05) is 65.2 Å². The van der Waals surface area contributed by atoms with Gasteiger partial charge in [0.05, 0.1) is 0 Å². The van der Waals surface area contributed by atoms with E-state index in [2.05, 4.69) is 13.8 Å². The lowest BCUT2D eigenvalue weighted by Crippen LogP contribution is -2.31. The molecule has 0 heterocycles. The largest absolute Gasteiger partial charge is 0.0654 e. The minimum absolute atomic E-state index is 1.09. The Morgan fingerprint density at radius 2 is 1.28 bits per heavy atom. The Morgan fingerprint density at radius 1 is 0.667 bits per heavy atom. The minimum atomic E-state index is 1.09. The van der Waals surface area contributed by atoms with Crippen molar-refractivity contribution in [3.8, 4) is 0 Å². The molecule has 0 aromatic rings. The van der Waals surface area contributed by atoms with E-state index in [4.69, 9.17) is 0 Å². The fourth-order valence-electron chi connectivity index (χ4n) is 4.70. The van der Waals surface area contributed by atoms with Crippen molar-refractivity contribution in [2.75, 3.05) is 0 Å². The molecule has 18 heavy (non-hydrogen) atoms. The first-order valence-electron chi connectivity index (χ1n) is 8.83. The molecular formula is C18H34. The van der Waals surface area contributed by atoms with Crippen molar-refractivity contribution in [1.82, 2.24) is 0 Å². The Labute approximate surface area is 115 Å². The van der Waals surface area contributed by atoms with Gasteiger partial charge < -0.3 is 0 Å². The molecule has 0 N–H and O–H groups in total. The molecule has 0 bridgehead atoms. The second kappa shape index (κ2) is 7.56. The van der Waals surface area contributed by atoms with Crippen molar-refractivity contribution in [3.63, 3.8) is 0 Å². The summed E-state index contributed by atoms with van der Waals surface area (Å²) in [6, 6.07) is 0. The summed E-state index contributed by atoms with van der Waals surface area (Å²) < 4.78 is 0. The topological polar surface area (TPSA) is 0 Å². The van der Waals surface area contributed by atoms with Gasteiger partial charge >= 0.3 is 0 Å². The van der Waals surface area contributed by atoms with E-state index in [0.717, 1.165) is 23.7 Å². The first-order valence-corrected chi connectivity index (χ1v) is 8.83. The summed E-state index contributed by atoms with van der Waals surface area (Å²) in [4.78, 5) is 0. The molecule has 4 unspecified atom stereocenters. The van der Waals surface area contributed by atoms with Gasteiger partial charge in [0.1, 0.15) is 0 Å². The zero-order valence-corrected chi connectivity index (χ0v) is 12.8. The van der Waals surface area contributed by atoms with E-state index < -0.39 is 0 Å². The highest BCUT2D eigenvalue weighted by Crippen LogP contribution is 2.46. The Bertz CT molecular complexity index is 220. The lowest BCUT2D eigenvalue weighted by Gasteiger charge is -2.42. The molecule has 4 atom stereocenters. The number of rotatable bonds is 6. The van der Waals surface area contributed by atoms with Gasteiger partial charge in [0.15, 0.2) is 0 Å². The maximum absolute atomic E-state index is 2.36. The second-order valence-electron chi connectivity index (χ2n) is 7.16. The summed E-state index contributed by atoms with van der Waals surface area (Å²) in [5, 5.41) is 0. The quantitative estimate of drug-likeness (QED) is 0.492. The molecule has 2 aliphatic carbocycles. The summed E-state index contributed by atoms with van der Waals surface area (Å²) >= 11 is 0. The van der Waals surface area contributed by atoms with Crippen LogP contribution >= 0.6 is 0 Å². The summed E-state index contributed by atoms with van der Waals surface area (Å²) in [6.45, 7) is 4.68. The molecule has 0 saturated heterocycles. The smallest absolute Gasteiger partial charge is 0.0383 e. The fourth-order valence-corrected chi connectivity index (χ4v) is 4.70. The third-order valence-corrected chi connectivity index (χ3v) is 5.74. The van der Waals surface area contributed by atoms with Gasteiger partial charge in [0, 0.05) is 0 Å². The number of fused-ring (bicyclic) bond motifs is 1. The molecule has 106 valence electrons. The van der Waals surface area contributed by atoms with Crippen LogP contribution < -0.4 is 0 Å². The molecule has 2 saturated carbocycles. The lowest BCUT2D eigenvalue weighted by molar-refractivity contribution is 0.0911. The van der Waals surface area contributed by atoms with Crippen LogP contribution in [0.15, 0.2) is 0 Å². The predicted octanol–water partition coefficient (Wildman–Crippen LogP) is 6.20. The molecular weight excluding hydrogens is 216 g/mol. The molecule has 0 spiro atoms. The van der Waals surface area contributed by atoms with Crippen LogP contribution in [0.3, 0.4) is 0 Å². The lowest BCUT2D eigenvalue weighted by atomic mass is 9.63. The van der Waals surface area contributed by atoms with Crippen molar-refractivity contribution >= 4 is 0 Å². The van der Waals surface area contributed by atoms with Crippen molar-refractivity contribution in [2.45, 2.75) is 90.9 Å². The van der Waals surface area contributed by atoms with Gasteiger partial charge in [0.25, 0.3) is 0 Å². The standard InChI is InChI=1S/C18H34/c1-3-5-6-8-16-10-12-17-13-15(7-4-2)9-11-18(17)14-16/h15-18H,3-14H2,1-2H3. The maximum atomic E-state index is 2.36. The Kier molecular flexibility index (Phi) is 6.05. The average molecular weight is 250 g/mol. The van der Waals surface area contributed by atoms with Gasteiger partial charge in [0.2, 0.25) is 0 Å². The van der Waals surface area contributed by atoms with E-state index in [1.807, 2.05) is 0 Å². The minimum Gasteiger partial charge on any atom is -0.0654 e. The van der Waals surface area contributed by atoms with Crippen LogP contribution in [0.4, 0.5) is 0 Å². The van der Waals surface area contributed by atoms with Crippen LogP contribution in [0.1, 0.15) is 90.9 Å². The van der Waals surface area contributed by atoms with Crippen molar-refractivity contribution < 1.29 is 0 Å². The molecule has 0 aromatic heterocycles. The third kappa shape index (κ3) is 4.00. The van der Waals surface area contributed by atoms with Crippen molar-refractivity contribution in [3.05, 3.63) is 0 Å². The molecule has 0 nitrogen and oxygen atoms in total. The van der Waals surface area contributed by atoms with Crippen LogP contribution in [-0.2, 0) is 0 Å². The number of hydrogen-bond donors (Lipinski definition) is 0.